The zero-order valence-corrected chi connectivity index (χ0v) is 32.6. The van der Waals surface area contributed by atoms with Gasteiger partial charge in [0, 0.05) is 61.8 Å². The molecule has 1 amide bonds. The highest BCUT2D eigenvalue weighted by atomic mass is 35.5. The topological polar surface area (TPSA) is 65.1 Å². The number of carbonyl (C=O) groups is 1. The van der Waals surface area contributed by atoms with Crippen molar-refractivity contribution in [3.8, 4) is 5.75 Å². The molecule has 0 spiro atoms. The zero-order chi connectivity index (χ0) is 35.5. The maximum atomic E-state index is 13.5. The van der Waals surface area contributed by atoms with E-state index in [1.54, 1.807) is 0 Å². The lowest BCUT2D eigenvalue weighted by molar-refractivity contribution is 0.0455. The first-order valence-corrected chi connectivity index (χ1v) is 21.5. The van der Waals surface area contributed by atoms with E-state index >= 15 is 0 Å². The van der Waals surface area contributed by atoms with Crippen LogP contribution >= 0.6 is 11.6 Å². The number of fused-ring (bicyclic) bond motifs is 3. The third kappa shape index (κ3) is 8.55. The van der Waals surface area contributed by atoms with E-state index in [0.717, 1.165) is 61.9 Å². The largest absolute Gasteiger partial charge is 0.491 e. The average Bonchev–Trinajstić information content (AvgIpc) is 3.45. The summed E-state index contributed by atoms with van der Waals surface area (Å²) in [5.41, 5.74) is 4.10. The molecule has 8 atom stereocenters. The second kappa shape index (κ2) is 16.7. The molecule has 1 aliphatic carbocycles. The van der Waals surface area contributed by atoms with Crippen LogP contribution in [0.1, 0.15) is 99.5 Å². The Balaban J connectivity index is 1.20. The number of carbonyl (C=O) groups excluding carboxylic acids is 1. The van der Waals surface area contributed by atoms with Crippen LogP contribution in [0.3, 0.4) is 0 Å². The lowest BCUT2D eigenvalue weighted by Crippen LogP contribution is -2.54. The van der Waals surface area contributed by atoms with Crippen LogP contribution in [0.15, 0.2) is 48.6 Å². The van der Waals surface area contributed by atoms with Crippen LogP contribution in [0.25, 0.3) is 0 Å². The van der Waals surface area contributed by atoms with E-state index in [2.05, 4.69) is 57.6 Å². The predicted molar refractivity (Wildman–Crippen MR) is 210 cm³/mol. The molecule has 1 saturated carbocycles. The van der Waals surface area contributed by atoms with E-state index in [1.807, 2.05) is 31.2 Å². The Morgan fingerprint density at radius 1 is 0.980 bits per heavy atom. The third-order valence-corrected chi connectivity index (χ3v) is 14.6. The molecule has 278 valence electrons. The van der Waals surface area contributed by atoms with Crippen molar-refractivity contribution in [3.63, 3.8) is 0 Å². The molecule has 2 aromatic carbocycles. The van der Waals surface area contributed by atoms with Crippen molar-refractivity contribution < 1.29 is 13.7 Å². The van der Waals surface area contributed by atoms with Crippen molar-refractivity contribution in [2.75, 3.05) is 57.3 Å². The highest BCUT2D eigenvalue weighted by molar-refractivity contribution is 7.84. The molecule has 5 aliphatic rings. The molecule has 4 heterocycles. The van der Waals surface area contributed by atoms with Gasteiger partial charge in [0.1, 0.15) is 16.7 Å². The molecule has 4 aliphatic heterocycles. The van der Waals surface area contributed by atoms with Gasteiger partial charge in [-0.15, -0.1) is 0 Å². The molecule has 2 aromatic rings. The second-order valence-corrected chi connectivity index (χ2v) is 18.2. The van der Waals surface area contributed by atoms with Crippen molar-refractivity contribution >= 4 is 34.2 Å². The van der Waals surface area contributed by atoms with Crippen LogP contribution in [-0.2, 0) is 17.4 Å². The summed E-state index contributed by atoms with van der Waals surface area (Å²) in [7, 11) is -1.49. The second-order valence-electron chi connectivity index (χ2n) is 16.2. The number of anilines is 1. The summed E-state index contributed by atoms with van der Waals surface area (Å²) >= 11 is 6.50. The molecule has 0 aromatic heterocycles. The van der Waals surface area contributed by atoms with Crippen LogP contribution in [-0.4, -0.2) is 83.6 Å². The molecule has 8 unspecified atom stereocenters. The maximum Gasteiger partial charge on any atom is 0.263 e. The normalized spacial score (nSPS) is 33.0. The van der Waals surface area contributed by atoms with Gasteiger partial charge in [-0.05, 0) is 117 Å². The zero-order valence-electron chi connectivity index (χ0n) is 31.0. The standard InChI is InChI=1S/C42H59ClN4O3S/c1-4-9-31-22-36(43)15-17-38(31)35-26-47-25-34-13-16-39(34)33(24-45-20-21-46-19-7-5-6-12-37(46)27-45)11-8-10-29(2)30(3)51(49)44-42(48)32-14-18-41(50-28-35)40(47)23-32/h8,11,14-15,17-18,22-23,29-30,33-35,37,39H,4-7,9-10,12-13,16,19-21,24-28H2,1-3H3,(H,44,48)/b11-8+. The van der Waals surface area contributed by atoms with Crippen LogP contribution in [0.2, 0.25) is 5.02 Å². The molecular formula is C42H59ClN4O3S. The minimum atomic E-state index is -1.49. The number of hydrogen-bond donors (Lipinski definition) is 1. The molecular weight excluding hydrogens is 676 g/mol. The number of amides is 1. The lowest BCUT2D eigenvalue weighted by Gasteiger charge is -2.47. The van der Waals surface area contributed by atoms with E-state index in [4.69, 9.17) is 16.3 Å². The minimum absolute atomic E-state index is 0.164. The van der Waals surface area contributed by atoms with Crippen molar-refractivity contribution in [3.05, 3.63) is 70.3 Å². The molecule has 9 heteroatoms. The molecule has 1 N–H and O–H groups in total. The number of hydrogen-bond acceptors (Lipinski definition) is 6. The number of benzene rings is 2. The Morgan fingerprint density at radius 2 is 1.86 bits per heavy atom. The number of ether oxygens (including phenoxy) is 1. The number of aryl methyl sites for hydroxylation is 1. The predicted octanol–water partition coefficient (Wildman–Crippen LogP) is 7.86. The van der Waals surface area contributed by atoms with Gasteiger partial charge in [-0.1, -0.05) is 62.9 Å². The Kier molecular flexibility index (Phi) is 12.1. The fourth-order valence-corrected chi connectivity index (χ4v) is 10.7. The summed E-state index contributed by atoms with van der Waals surface area (Å²) < 4.78 is 22.9. The highest BCUT2D eigenvalue weighted by Crippen LogP contribution is 2.45. The van der Waals surface area contributed by atoms with Gasteiger partial charge < -0.3 is 9.64 Å². The van der Waals surface area contributed by atoms with Crippen LogP contribution in [0.4, 0.5) is 5.69 Å². The van der Waals surface area contributed by atoms with Gasteiger partial charge in [0.05, 0.1) is 17.5 Å². The summed E-state index contributed by atoms with van der Waals surface area (Å²) in [4.78, 5) is 21.6. The number of rotatable bonds is 5. The first-order chi connectivity index (χ1) is 24.8. The fourth-order valence-electron chi connectivity index (χ4n) is 9.44. The van der Waals surface area contributed by atoms with Crippen LogP contribution < -0.4 is 14.4 Å². The van der Waals surface area contributed by atoms with E-state index in [1.165, 1.54) is 69.3 Å². The monoisotopic (exact) mass is 734 g/mol. The number of nitrogens with zero attached hydrogens (tertiary/aromatic N) is 3. The van der Waals surface area contributed by atoms with Gasteiger partial charge in [-0.25, -0.2) is 4.21 Å². The summed E-state index contributed by atoms with van der Waals surface area (Å²) in [5, 5.41) is 0.612. The van der Waals surface area contributed by atoms with Gasteiger partial charge in [0.25, 0.3) is 5.91 Å². The van der Waals surface area contributed by atoms with Crippen LogP contribution in [0.5, 0.6) is 5.75 Å². The van der Waals surface area contributed by atoms with Gasteiger partial charge in [0.15, 0.2) is 0 Å². The Bertz CT molecular complexity index is 1590. The van der Waals surface area contributed by atoms with E-state index in [0.29, 0.717) is 36.0 Å². The molecule has 51 heavy (non-hydrogen) atoms. The van der Waals surface area contributed by atoms with E-state index in [-0.39, 0.29) is 23.0 Å². The number of piperazine rings is 1. The van der Waals surface area contributed by atoms with Gasteiger partial charge in [-0.3, -0.25) is 19.3 Å². The van der Waals surface area contributed by atoms with E-state index < -0.39 is 11.0 Å². The number of halogens is 1. The highest BCUT2D eigenvalue weighted by Gasteiger charge is 2.40. The number of allylic oxidation sites excluding steroid dienone is 1. The quantitative estimate of drug-likeness (QED) is 0.316. The Hall–Kier alpha value is -2.39. The lowest BCUT2D eigenvalue weighted by atomic mass is 9.66. The molecule has 7 nitrogen and oxygen atoms in total. The van der Waals surface area contributed by atoms with Crippen molar-refractivity contribution in [1.29, 1.82) is 0 Å². The minimum Gasteiger partial charge on any atom is -0.491 e. The summed E-state index contributed by atoms with van der Waals surface area (Å²) in [6.45, 7) is 14.6. The molecule has 3 fully saturated rings. The smallest absolute Gasteiger partial charge is 0.263 e. The Labute approximate surface area is 314 Å². The van der Waals surface area contributed by atoms with Crippen molar-refractivity contribution in [2.45, 2.75) is 95.8 Å². The fraction of sp³-hybridized carbons (Fsp3) is 0.643. The third-order valence-electron chi connectivity index (χ3n) is 12.9. The van der Waals surface area contributed by atoms with Crippen molar-refractivity contribution in [1.82, 2.24) is 14.5 Å². The Morgan fingerprint density at radius 3 is 2.69 bits per heavy atom. The average molecular weight is 735 g/mol. The van der Waals surface area contributed by atoms with Gasteiger partial charge >= 0.3 is 0 Å². The first kappa shape index (κ1) is 36.9. The molecule has 0 radical (unpaired) electrons. The summed E-state index contributed by atoms with van der Waals surface area (Å²) in [5.74, 6) is 2.51. The maximum absolute atomic E-state index is 13.5. The molecule has 2 bridgehead atoms. The van der Waals surface area contributed by atoms with Crippen LogP contribution in [0, 0.1) is 23.7 Å². The number of nitrogens with one attached hydrogen (secondary N) is 1. The van der Waals surface area contributed by atoms with Crippen molar-refractivity contribution in [2.24, 2.45) is 23.7 Å². The van der Waals surface area contributed by atoms with Gasteiger partial charge in [0.2, 0.25) is 0 Å². The first-order valence-electron chi connectivity index (χ1n) is 19.9. The SMILES string of the molecule is CCCc1cc(Cl)ccc1C1COc2ccc3cc2N(C1)CC1CCC1C(CN1CCN2CCCCCC2C1)/C=C/CC(C)C(C)S(=O)NC3=O. The molecule has 2 saturated heterocycles. The summed E-state index contributed by atoms with van der Waals surface area (Å²) in [6, 6.07) is 12.8. The van der Waals surface area contributed by atoms with Gasteiger partial charge in [-0.2, -0.15) is 0 Å². The summed E-state index contributed by atoms with van der Waals surface area (Å²) in [6.07, 6.45) is 15.7. The molecule has 7 rings (SSSR count). The van der Waals surface area contributed by atoms with E-state index in [9.17, 15) is 9.00 Å².